The summed E-state index contributed by atoms with van der Waals surface area (Å²) < 4.78 is 0.707. The Bertz CT molecular complexity index is 486. The fourth-order valence-electron chi connectivity index (χ4n) is 1.72. The Labute approximate surface area is 116 Å². The molecule has 0 heterocycles. The number of aliphatic carboxylic acids is 2. The van der Waals surface area contributed by atoms with Crippen molar-refractivity contribution in [1.82, 2.24) is 0 Å². The van der Waals surface area contributed by atoms with E-state index >= 15 is 0 Å². The van der Waals surface area contributed by atoms with Crippen molar-refractivity contribution in [2.75, 3.05) is 6.54 Å². The molecule has 8 heteroatoms. The molecule has 0 aliphatic rings. The van der Waals surface area contributed by atoms with Gasteiger partial charge in [0.15, 0.2) is 5.92 Å². The van der Waals surface area contributed by atoms with E-state index in [0.717, 1.165) is 0 Å². The maximum Gasteiger partial charge on any atom is 0.318 e. The molecule has 0 saturated carbocycles. The number of benzene rings is 1. The van der Waals surface area contributed by atoms with Gasteiger partial charge in [-0.15, -0.1) is 0 Å². The molecule has 1 unspecified atom stereocenters. The number of nitro groups is 1. The van der Waals surface area contributed by atoms with Crippen molar-refractivity contribution in [3.63, 3.8) is 0 Å². The standard InChI is InChI=1S/C11H10BrNO6/c12-7-3-1-6(2-4-7)8(5-13(18)19)9(10(14)15)11(16)17/h1-4,8-9H,5H2,(H,14,15)(H,16,17). The van der Waals surface area contributed by atoms with E-state index in [9.17, 15) is 19.7 Å². The molecule has 0 bridgehead atoms. The second-order valence-corrected chi connectivity index (χ2v) is 4.74. The van der Waals surface area contributed by atoms with Gasteiger partial charge < -0.3 is 10.2 Å². The normalized spacial score (nSPS) is 12.1. The van der Waals surface area contributed by atoms with Gasteiger partial charge in [0.05, 0.1) is 5.92 Å². The summed E-state index contributed by atoms with van der Waals surface area (Å²) in [6, 6.07) is 6.08. The molecule has 19 heavy (non-hydrogen) atoms. The van der Waals surface area contributed by atoms with Crippen molar-refractivity contribution in [2.45, 2.75) is 5.92 Å². The van der Waals surface area contributed by atoms with Gasteiger partial charge in [-0.3, -0.25) is 19.7 Å². The minimum atomic E-state index is -1.86. The van der Waals surface area contributed by atoms with Crippen LogP contribution in [0.4, 0.5) is 0 Å². The summed E-state index contributed by atoms with van der Waals surface area (Å²) in [6.07, 6.45) is 0. The maximum atomic E-state index is 11.0. The predicted octanol–water partition coefficient (Wildman–Crippen LogP) is 1.59. The van der Waals surface area contributed by atoms with Gasteiger partial charge in [-0.1, -0.05) is 28.1 Å². The molecule has 0 spiro atoms. The quantitative estimate of drug-likeness (QED) is 0.464. The van der Waals surface area contributed by atoms with Gasteiger partial charge in [-0.25, -0.2) is 0 Å². The molecular formula is C11H10BrNO6. The topological polar surface area (TPSA) is 118 Å². The lowest BCUT2D eigenvalue weighted by Gasteiger charge is -2.17. The molecule has 0 aliphatic heterocycles. The fraction of sp³-hybridized carbons (Fsp3) is 0.273. The number of carboxylic acids is 2. The maximum absolute atomic E-state index is 11.0. The molecule has 0 aromatic heterocycles. The van der Waals surface area contributed by atoms with E-state index in [1.165, 1.54) is 12.1 Å². The summed E-state index contributed by atoms with van der Waals surface area (Å²) in [7, 11) is 0. The first-order chi connectivity index (χ1) is 8.82. The van der Waals surface area contributed by atoms with Crippen LogP contribution in [-0.2, 0) is 9.59 Å². The first-order valence-corrected chi connectivity index (χ1v) is 5.95. The molecular weight excluding hydrogens is 322 g/mol. The van der Waals surface area contributed by atoms with Crippen molar-refractivity contribution >= 4 is 27.9 Å². The van der Waals surface area contributed by atoms with Crippen LogP contribution in [0.15, 0.2) is 28.7 Å². The van der Waals surface area contributed by atoms with Gasteiger partial charge in [0, 0.05) is 9.40 Å². The van der Waals surface area contributed by atoms with E-state index in [4.69, 9.17) is 10.2 Å². The van der Waals surface area contributed by atoms with E-state index in [2.05, 4.69) is 15.9 Å². The van der Waals surface area contributed by atoms with Gasteiger partial charge in [0.2, 0.25) is 6.54 Å². The van der Waals surface area contributed by atoms with Gasteiger partial charge in [0.25, 0.3) is 0 Å². The Balaban J connectivity index is 3.19. The molecule has 2 N–H and O–H groups in total. The molecule has 0 saturated heterocycles. The Morgan fingerprint density at radius 3 is 2.05 bits per heavy atom. The number of hydrogen-bond acceptors (Lipinski definition) is 4. The highest BCUT2D eigenvalue weighted by Crippen LogP contribution is 2.27. The van der Waals surface area contributed by atoms with Gasteiger partial charge >= 0.3 is 11.9 Å². The average molecular weight is 332 g/mol. The summed E-state index contributed by atoms with van der Waals surface area (Å²) in [5.41, 5.74) is 0.301. The van der Waals surface area contributed by atoms with E-state index in [-0.39, 0.29) is 0 Å². The highest BCUT2D eigenvalue weighted by atomic mass is 79.9. The average Bonchev–Trinajstić information content (AvgIpc) is 2.27. The third-order valence-electron chi connectivity index (χ3n) is 2.58. The van der Waals surface area contributed by atoms with Crippen molar-refractivity contribution < 1.29 is 24.7 Å². The molecule has 102 valence electrons. The third-order valence-corrected chi connectivity index (χ3v) is 3.11. The summed E-state index contributed by atoms with van der Waals surface area (Å²) in [5, 5.41) is 28.5. The SMILES string of the molecule is O=C(O)C(C(=O)O)C(C[N+](=O)[O-])c1ccc(Br)cc1. The van der Waals surface area contributed by atoms with Crippen LogP contribution in [0.5, 0.6) is 0 Å². The first kappa shape index (κ1) is 15.1. The van der Waals surface area contributed by atoms with Crippen LogP contribution < -0.4 is 0 Å². The molecule has 1 aromatic rings. The Hall–Kier alpha value is -1.96. The van der Waals surface area contributed by atoms with Crippen LogP contribution in [-0.4, -0.2) is 33.6 Å². The Kier molecular flexibility index (Phi) is 4.99. The fourth-order valence-corrected chi connectivity index (χ4v) is 1.99. The molecule has 0 fully saturated rings. The van der Waals surface area contributed by atoms with E-state index in [1.807, 2.05) is 0 Å². The van der Waals surface area contributed by atoms with Gasteiger partial charge in [-0.2, -0.15) is 0 Å². The summed E-state index contributed by atoms with van der Waals surface area (Å²) in [5.74, 6) is -6.27. The molecule has 1 rings (SSSR count). The second kappa shape index (κ2) is 6.28. The zero-order valence-corrected chi connectivity index (χ0v) is 11.1. The predicted molar refractivity (Wildman–Crippen MR) is 67.5 cm³/mol. The lowest BCUT2D eigenvalue weighted by molar-refractivity contribution is -0.484. The Morgan fingerprint density at radius 1 is 1.21 bits per heavy atom. The van der Waals surface area contributed by atoms with Gasteiger partial charge in [0.1, 0.15) is 0 Å². The zero-order chi connectivity index (χ0) is 14.6. The number of hydrogen-bond donors (Lipinski definition) is 2. The molecule has 0 radical (unpaired) electrons. The van der Waals surface area contributed by atoms with Crippen molar-refractivity contribution in [3.05, 3.63) is 44.4 Å². The zero-order valence-electron chi connectivity index (χ0n) is 9.52. The number of halogens is 1. The number of carbonyl (C=O) groups is 2. The molecule has 0 aliphatic carbocycles. The lowest BCUT2D eigenvalue weighted by atomic mass is 9.86. The number of nitrogens with zero attached hydrogens (tertiary/aromatic N) is 1. The van der Waals surface area contributed by atoms with Crippen LogP contribution in [0.1, 0.15) is 11.5 Å². The lowest BCUT2D eigenvalue weighted by Crippen LogP contribution is -2.33. The van der Waals surface area contributed by atoms with Crippen molar-refractivity contribution in [3.8, 4) is 0 Å². The van der Waals surface area contributed by atoms with E-state index in [1.54, 1.807) is 12.1 Å². The van der Waals surface area contributed by atoms with Gasteiger partial charge in [-0.05, 0) is 17.7 Å². The highest BCUT2D eigenvalue weighted by Gasteiger charge is 2.39. The van der Waals surface area contributed by atoms with Crippen LogP contribution >= 0.6 is 15.9 Å². The summed E-state index contributed by atoms with van der Waals surface area (Å²) in [4.78, 5) is 31.9. The first-order valence-electron chi connectivity index (χ1n) is 5.15. The van der Waals surface area contributed by atoms with E-state index in [0.29, 0.717) is 10.0 Å². The van der Waals surface area contributed by atoms with Crippen molar-refractivity contribution in [2.24, 2.45) is 5.92 Å². The van der Waals surface area contributed by atoms with Crippen LogP contribution in [0.25, 0.3) is 0 Å². The second-order valence-electron chi connectivity index (χ2n) is 3.83. The van der Waals surface area contributed by atoms with Crippen LogP contribution in [0.2, 0.25) is 0 Å². The van der Waals surface area contributed by atoms with E-state index < -0.39 is 35.2 Å². The highest BCUT2D eigenvalue weighted by molar-refractivity contribution is 9.10. The molecule has 1 aromatic carbocycles. The third kappa shape index (κ3) is 4.02. The smallest absolute Gasteiger partial charge is 0.318 e. The largest absolute Gasteiger partial charge is 0.481 e. The Morgan fingerprint density at radius 2 is 1.68 bits per heavy atom. The number of rotatable bonds is 6. The minimum absolute atomic E-state index is 0.301. The molecule has 1 atom stereocenters. The summed E-state index contributed by atoms with van der Waals surface area (Å²) in [6.45, 7) is -0.759. The van der Waals surface area contributed by atoms with Crippen LogP contribution in [0.3, 0.4) is 0 Å². The number of carboxylic acid groups (broad SMARTS) is 2. The minimum Gasteiger partial charge on any atom is -0.481 e. The molecule has 7 nitrogen and oxygen atoms in total. The summed E-state index contributed by atoms with van der Waals surface area (Å²) >= 11 is 3.17. The monoisotopic (exact) mass is 331 g/mol. The van der Waals surface area contributed by atoms with Crippen molar-refractivity contribution in [1.29, 1.82) is 0 Å². The molecule has 0 amide bonds. The van der Waals surface area contributed by atoms with Crippen LogP contribution in [0, 0.1) is 16.0 Å².